The van der Waals surface area contributed by atoms with E-state index in [0.717, 1.165) is 0 Å². The lowest BCUT2D eigenvalue weighted by atomic mass is 10.3. The molecule has 2 heterocycles. The van der Waals surface area contributed by atoms with Crippen molar-refractivity contribution in [3.63, 3.8) is 0 Å². The predicted molar refractivity (Wildman–Crippen MR) is 58.8 cm³/mol. The van der Waals surface area contributed by atoms with Crippen molar-refractivity contribution >= 4 is 5.97 Å². The molecule has 2 aromatic heterocycles. The SMILES string of the molecule is C/C=C\C(=O)OCc1cc(-c2ccco2)on1. The van der Waals surface area contributed by atoms with Crippen LogP contribution in [0.2, 0.25) is 0 Å². The van der Waals surface area contributed by atoms with Crippen molar-refractivity contribution in [2.24, 2.45) is 0 Å². The highest BCUT2D eigenvalue weighted by Crippen LogP contribution is 2.20. The molecular weight excluding hydrogens is 222 g/mol. The summed E-state index contributed by atoms with van der Waals surface area (Å²) in [6.07, 6.45) is 4.50. The van der Waals surface area contributed by atoms with Gasteiger partial charge in [-0.2, -0.15) is 0 Å². The van der Waals surface area contributed by atoms with Gasteiger partial charge in [0.25, 0.3) is 0 Å². The van der Waals surface area contributed by atoms with E-state index in [2.05, 4.69) is 5.16 Å². The van der Waals surface area contributed by atoms with Gasteiger partial charge in [-0.05, 0) is 19.1 Å². The van der Waals surface area contributed by atoms with Gasteiger partial charge in [0, 0.05) is 12.1 Å². The minimum Gasteiger partial charge on any atom is -0.461 e. The van der Waals surface area contributed by atoms with Crippen LogP contribution in [0.5, 0.6) is 0 Å². The predicted octanol–water partition coefficient (Wildman–Crippen LogP) is 2.55. The van der Waals surface area contributed by atoms with Crippen LogP contribution in [0.25, 0.3) is 11.5 Å². The van der Waals surface area contributed by atoms with Crippen molar-refractivity contribution in [1.82, 2.24) is 5.16 Å². The highest BCUT2D eigenvalue weighted by Gasteiger charge is 2.09. The van der Waals surface area contributed by atoms with Crippen LogP contribution in [-0.4, -0.2) is 11.1 Å². The van der Waals surface area contributed by atoms with Gasteiger partial charge in [-0.3, -0.25) is 0 Å². The first-order chi connectivity index (χ1) is 8.29. The zero-order valence-corrected chi connectivity index (χ0v) is 9.25. The number of aromatic nitrogens is 1. The molecule has 0 aliphatic carbocycles. The van der Waals surface area contributed by atoms with E-state index < -0.39 is 5.97 Å². The van der Waals surface area contributed by atoms with E-state index in [1.165, 1.54) is 6.08 Å². The van der Waals surface area contributed by atoms with E-state index in [0.29, 0.717) is 17.2 Å². The van der Waals surface area contributed by atoms with Gasteiger partial charge in [0.2, 0.25) is 5.76 Å². The average Bonchev–Trinajstić information content (AvgIpc) is 2.97. The van der Waals surface area contributed by atoms with Gasteiger partial charge >= 0.3 is 5.97 Å². The maximum atomic E-state index is 11.1. The lowest BCUT2D eigenvalue weighted by Gasteiger charge is -1.95. The molecule has 0 bridgehead atoms. The molecule has 0 spiro atoms. The molecule has 0 fully saturated rings. The van der Waals surface area contributed by atoms with E-state index >= 15 is 0 Å². The molecule has 0 saturated heterocycles. The molecular formula is C12H11NO4. The monoisotopic (exact) mass is 233 g/mol. The first-order valence-electron chi connectivity index (χ1n) is 5.08. The Kier molecular flexibility index (Phi) is 3.40. The van der Waals surface area contributed by atoms with Gasteiger partial charge in [0.15, 0.2) is 5.76 Å². The highest BCUT2D eigenvalue weighted by atomic mass is 16.5. The first-order valence-corrected chi connectivity index (χ1v) is 5.08. The molecule has 0 aliphatic rings. The molecule has 5 heteroatoms. The smallest absolute Gasteiger partial charge is 0.330 e. The molecule has 5 nitrogen and oxygen atoms in total. The third-order valence-electron chi connectivity index (χ3n) is 1.99. The second kappa shape index (κ2) is 5.16. The van der Waals surface area contributed by atoms with Crippen LogP contribution in [0.1, 0.15) is 12.6 Å². The second-order valence-corrected chi connectivity index (χ2v) is 3.27. The number of esters is 1. The van der Waals surface area contributed by atoms with Gasteiger partial charge in [-0.1, -0.05) is 11.2 Å². The van der Waals surface area contributed by atoms with Gasteiger partial charge in [0.05, 0.1) is 6.26 Å². The fourth-order valence-electron chi connectivity index (χ4n) is 1.24. The summed E-state index contributed by atoms with van der Waals surface area (Å²) in [5.41, 5.74) is 0.536. The van der Waals surface area contributed by atoms with Gasteiger partial charge in [0.1, 0.15) is 12.3 Å². The van der Waals surface area contributed by atoms with Crippen molar-refractivity contribution < 1.29 is 18.5 Å². The Bertz CT molecular complexity index is 510. The number of carbonyl (C=O) groups excluding carboxylic acids is 1. The lowest BCUT2D eigenvalue weighted by Crippen LogP contribution is -2.00. The summed E-state index contributed by atoms with van der Waals surface area (Å²) in [5.74, 6) is 0.686. The molecule has 2 rings (SSSR count). The Morgan fingerprint density at radius 3 is 3.12 bits per heavy atom. The quantitative estimate of drug-likeness (QED) is 0.599. The molecule has 88 valence electrons. The molecule has 0 N–H and O–H groups in total. The molecule has 0 unspecified atom stereocenters. The van der Waals surface area contributed by atoms with Crippen molar-refractivity contribution in [3.05, 3.63) is 42.3 Å². The summed E-state index contributed by atoms with van der Waals surface area (Å²) >= 11 is 0. The van der Waals surface area contributed by atoms with Crippen LogP contribution in [0.15, 0.2) is 45.6 Å². The van der Waals surface area contributed by atoms with E-state index in [1.54, 1.807) is 37.5 Å². The zero-order chi connectivity index (χ0) is 12.1. The van der Waals surface area contributed by atoms with Crippen molar-refractivity contribution in [2.75, 3.05) is 0 Å². The summed E-state index contributed by atoms with van der Waals surface area (Å²) in [7, 11) is 0. The largest absolute Gasteiger partial charge is 0.461 e. The van der Waals surface area contributed by atoms with Gasteiger partial charge in [-0.15, -0.1) is 0 Å². The van der Waals surface area contributed by atoms with Gasteiger partial charge in [-0.25, -0.2) is 4.79 Å². The Morgan fingerprint density at radius 2 is 2.41 bits per heavy atom. The maximum absolute atomic E-state index is 11.1. The molecule has 0 atom stereocenters. The van der Waals surface area contributed by atoms with Crippen molar-refractivity contribution in [2.45, 2.75) is 13.5 Å². The van der Waals surface area contributed by atoms with Crippen LogP contribution < -0.4 is 0 Å². The normalized spacial score (nSPS) is 10.9. The minimum atomic E-state index is -0.407. The Morgan fingerprint density at radius 1 is 1.53 bits per heavy atom. The highest BCUT2D eigenvalue weighted by molar-refractivity contribution is 5.81. The van der Waals surface area contributed by atoms with Crippen molar-refractivity contribution in [1.29, 1.82) is 0 Å². The van der Waals surface area contributed by atoms with Gasteiger partial charge < -0.3 is 13.7 Å². The first kappa shape index (κ1) is 11.2. The van der Waals surface area contributed by atoms with Crippen LogP contribution in [0.4, 0.5) is 0 Å². The summed E-state index contributed by atoms with van der Waals surface area (Å²) in [6.45, 7) is 1.82. The number of rotatable bonds is 4. The van der Waals surface area contributed by atoms with E-state index in [9.17, 15) is 4.79 Å². The number of hydrogen-bond acceptors (Lipinski definition) is 5. The van der Waals surface area contributed by atoms with Crippen LogP contribution in [-0.2, 0) is 16.1 Å². The summed E-state index contributed by atoms with van der Waals surface area (Å²) < 4.78 is 15.1. The molecule has 0 aliphatic heterocycles. The lowest BCUT2D eigenvalue weighted by molar-refractivity contribution is -0.139. The fourth-order valence-corrected chi connectivity index (χ4v) is 1.24. The number of nitrogens with zero attached hydrogens (tertiary/aromatic N) is 1. The maximum Gasteiger partial charge on any atom is 0.330 e. The van der Waals surface area contributed by atoms with E-state index in [1.807, 2.05) is 0 Å². The fraction of sp³-hybridized carbons (Fsp3) is 0.167. The molecule has 0 amide bonds. The molecule has 0 aromatic carbocycles. The topological polar surface area (TPSA) is 65.5 Å². The standard InChI is InChI=1S/C12H11NO4/c1-2-4-12(14)16-8-9-7-11(17-13-9)10-5-3-6-15-10/h2-7H,8H2,1H3/b4-2-. The molecule has 2 aromatic rings. The van der Waals surface area contributed by atoms with Crippen molar-refractivity contribution in [3.8, 4) is 11.5 Å². The Labute approximate surface area is 97.7 Å². The van der Waals surface area contributed by atoms with Crippen LogP contribution in [0, 0.1) is 0 Å². The molecule has 0 saturated carbocycles. The van der Waals surface area contributed by atoms with E-state index in [-0.39, 0.29) is 6.61 Å². The third-order valence-corrected chi connectivity index (χ3v) is 1.99. The number of hydrogen-bond donors (Lipinski definition) is 0. The second-order valence-electron chi connectivity index (χ2n) is 3.27. The number of allylic oxidation sites excluding steroid dienone is 1. The van der Waals surface area contributed by atoms with Crippen LogP contribution in [0.3, 0.4) is 0 Å². The Balaban J connectivity index is 1.97. The molecule has 17 heavy (non-hydrogen) atoms. The molecule has 0 radical (unpaired) electrons. The average molecular weight is 233 g/mol. The summed E-state index contributed by atoms with van der Waals surface area (Å²) in [6, 6.07) is 5.18. The Hall–Kier alpha value is -2.30. The third kappa shape index (κ3) is 2.84. The summed E-state index contributed by atoms with van der Waals surface area (Å²) in [5, 5.41) is 3.77. The number of ether oxygens (including phenoxy) is 1. The minimum absolute atomic E-state index is 0.0768. The zero-order valence-electron chi connectivity index (χ0n) is 9.25. The number of furan rings is 1. The summed E-state index contributed by atoms with van der Waals surface area (Å²) in [4.78, 5) is 11.1. The van der Waals surface area contributed by atoms with Crippen LogP contribution >= 0.6 is 0 Å². The number of carbonyl (C=O) groups is 1. The van der Waals surface area contributed by atoms with E-state index in [4.69, 9.17) is 13.7 Å².